The van der Waals surface area contributed by atoms with Crippen molar-refractivity contribution in [2.24, 2.45) is 17.8 Å². The summed E-state index contributed by atoms with van der Waals surface area (Å²) in [4.78, 5) is 22.2. The first-order valence-corrected chi connectivity index (χ1v) is 6.03. The van der Waals surface area contributed by atoms with E-state index in [9.17, 15) is 9.59 Å². The van der Waals surface area contributed by atoms with E-state index in [2.05, 4.69) is 0 Å². The van der Waals surface area contributed by atoms with Gasteiger partial charge in [0.25, 0.3) is 0 Å². The Morgan fingerprint density at radius 1 is 1.12 bits per heavy atom. The molecule has 0 aromatic carbocycles. The van der Waals surface area contributed by atoms with Gasteiger partial charge in [0.2, 0.25) is 0 Å². The molecule has 2 N–H and O–H groups in total. The molecule has 92 valence electrons. The molecule has 1 aliphatic rings. The maximum atomic E-state index is 11.1. The summed E-state index contributed by atoms with van der Waals surface area (Å²) in [5.74, 6) is -2.74. The van der Waals surface area contributed by atoms with E-state index in [4.69, 9.17) is 10.2 Å². The summed E-state index contributed by atoms with van der Waals surface area (Å²) in [5, 5.41) is 18.2. The molecule has 2 unspecified atom stereocenters. The molecule has 2 atom stereocenters. The molecule has 1 saturated carbocycles. The van der Waals surface area contributed by atoms with Gasteiger partial charge in [-0.2, -0.15) is 0 Å². The maximum absolute atomic E-state index is 11.1. The van der Waals surface area contributed by atoms with Gasteiger partial charge in [-0.3, -0.25) is 9.59 Å². The monoisotopic (exact) mass is 228 g/mol. The molecule has 0 saturated heterocycles. The van der Waals surface area contributed by atoms with Crippen LogP contribution < -0.4 is 0 Å². The molecule has 0 spiro atoms. The molecule has 1 fully saturated rings. The third kappa shape index (κ3) is 2.97. The lowest BCUT2D eigenvalue weighted by atomic mass is 9.70. The van der Waals surface area contributed by atoms with Gasteiger partial charge in [0.15, 0.2) is 0 Å². The van der Waals surface area contributed by atoms with Gasteiger partial charge >= 0.3 is 11.9 Å². The number of carbonyl (C=O) groups is 2. The van der Waals surface area contributed by atoms with Crippen molar-refractivity contribution < 1.29 is 19.8 Å². The Morgan fingerprint density at radius 3 is 2.00 bits per heavy atom. The molecule has 1 aliphatic carbocycles. The number of carboxylic acid groups (broad SMARTS) is 2. The van der Waals surface area contributed by atoms with Crippen LogP contribution in [0.5, 0.6) is 0 Å². The zero-order valence-electron chi connectivity index (χ0n) is 9.69. The van der Waals surface area contributed by atoms with Crippen molar-refractivity contribution in [1.29, 1.82) is 0 Å². The van der Waals surface area contributed by atoms with Crippen LogP contribution in [0, 0.1) is 17.8 Å². The summed E-state index contributed by atoms with van der Waals surface area (Å²) in [6.07, 6.45) is 4.61. The summed E-state index contributed by atoms with van der Waals surface area (Å²) in [7, 11) is 0. The van der Waals surface area contributed by atoms with Gasteiger partial charge in [-0.15, -0.1) is 0 Å². The molecule has 0 heterocycles. The highest BCUT2D eigenvalue weighted by atomic mass is 16.4. The first-order chi connectivity index (χ1) is 7.57. The quantitative estimate of drug-likeness (QED) is 0.757. The van der Waals surface area contributed by atoms with E-state index >= 15 is 0 Å². The van der Waals surface area contributed by atoms with Crippen molar-refractivity contribution in [2.45, 2.75) is 45.4 Å². The van der Waals surface area contributed by atoms with Crippen LogP contribution >= 0.6 is 0 Å². The van der Waals surface area contributed by atoms with E-state index in [-0.39, 0.29) is 5.92 Å². The molecule has 16 heavy (non-hydrogen) atoms. The number of hydrogen-bond acceptors (Lipinski definition) is 2. The minimum absolute atomic E-state index is 0.177. The Bertz CT molecular complexity index is 240. The van der Waals surface area contributed by atoms with Crippen molar-refractivity contribution in [2.75, 3.05) is 0 Å². The topological polar surface area (TPSA) is 74.6 Å². The van der Waals surface area contributed by atoms with Gasteiger partial charge in [0.1, 0.15) is 0 Å². The Morgan fingerprint density at radius 2 is 1.62 bits per heavy atom. The van der Waals surface area contributed by atoms with Crippen LogP contribution in [0.4, 0.5) is 0 Å². The first-order valence-electron chi connectivity index (χ1n) is 6.03. The molecular formula is C12H20O4. The summed E-state index contributed by atoms with van der Waals surface area (Å²) in [6, 6.07) is 0. The van der Waals surface area contributed by atoms with Crippen molar-refractivity contribution in [3.05, 3.63) is 0 Å². The average molecular weight is 228 g/mol. The van der Waals surface area contributed by atoms with Crippen LogP contribution in [0.25, 0.3) is 0 Å². The van der Waals surface area contributed by atoms with Crippen LogP contribution in [0.1, 0.15) is 45.4 Å². The number of unbranched alkanes of at least 4 members (excludes halogenated alkanes) is 1. The second-order valence-electron chi connectivity index (χ2n) is 4.63. The normalized spacial score (nSPS) is 29.9. The SMILES string of the molecule is CCCCC1C(C(=O)O)CCCC1C(=O)O. The molecule has 0 amide bonds. The molecule has 4 nitrogen and oxygen atoms in total. The Labute approximate surface area is 95.7 Å². The van der Waals surface area contributed by atoms with Crippen LogP contribution in [-0.4, -0.2) is 22.2 Å². The Hall–Kier alpha value is -1.06. The zero-order chi connectivity index (χ0) is 12.1. The third-order valence-corrected chi connectivity index (χ3v) is 3.59. The Balaban J connectivity index is 2.75. The van der Waals surface area contributed by atoms with E-state index in [0.717, 1.165) is 25.7 Å². The fourth-order valence-corrected chi connectivity index (χ4v) is 2.72. The van der Waals surface area contributed by atoms with Crippen LogP contribution in [0.3, 0.4) is 0 Å². The first kappa shape index (κ1) is 13.0. The Kier molecular flexibility index (Phi) is 4.77. The number of hydrogen-bond donors (Lipinski definition) is 2. The number of aliphatic carboxylic acids is 2. The number of rotatable bonds is 5. The van der Waals surface area contributed by atoms with E-state index in [1.165, 1.54) is 0 Å². The van der Waals surface area contributed by atoms with E-state index < -0.39 is 23.8 Å². The standard InChI is InChI=1S/C12H20O4/c1-2-3-5-8-9(11(13)14)6-4-7-10(8)12(15)16/h8-10H,2-7H2,1H3,(H,13,14)(H,15,16). The van der Waals surface area contributed by atoms with Gasteiger partial charge < -0.3 is 10.2 Å². The predicted molar refractivity (Wildman–Crippen MR) is 59.1 cm³/mol. The lowest BCUT2D eigenvalue weighted by Gasteiger charge is -2.33. The summed E-state index contributed by atoms with van der Waals surface area (Å²) in [5.41, 5.74) is 0. The molecular weight excluding hydrogens is 208 g/mol. The van der Waals surface area contributed by atoms with Crippen molar-refractivity contribution in [3.8, 4) is 0 Å². The van der Waals surface area contributed by atoms with Crippen molar-refractivity contribution >= 4 is 11.9 Å². The van der Waals surface area contributed by atoms with Gasteiger partial charge in [-0.05, 0) is 25.2 Å². The van der Waals surface area contributed by atoms with Crippen molar-refractivity contribution in [3.63, 3.8) is 0 Å². The summed E-state index contributed by atoms with van der Waals surface area (Å²) < 4.78 is 0. The highest BCUT2D eigenvalue weighted by Crippen LogP contribution is 2.38. The molecule has 0 aliphatic heterocycles. The average Bonchev–Trinajstić information content (AvgIpc) is 2.25. The fraction of sp³-hybridized carbons (Fsp3) is 0.833. The van der Waals surface area contributed by atoms with Gasteiger partial charge in [0.05, 0.1) is 11.8 Å². The predicted octanol–water partition coefficient (Wildman–Crippen LogP) is 2.38. The van der Waals surface area contributed by atoms with E-state index in [1.807, 2.05) is 6.92 Å². The maximum Gasteiger partial charge on any atom is 0.306 e. The zero-order valence-corrected chi connectivity index (χ0v) is 9.69. The highest BCUT2D eigenvalue weighted by molar-refractivity contribution is 5.75. The summed E-state index contributed by atoms with van der Waals surface area (Å²) >= 11 is 0. The van der Waals surface area contributed by atoms with Gasteiger partial charge in [-0.25, -0.2) is 0 Å². The largest absolute Gasteiger partial charge is 0.481 e. The van der Waals surface area contributed by atoms with E-state index in [1.54, 1.807) is 0 Å². The van der Waals surface area contributed by atoms with Crippen LogP contribution in [0.2, 0.25) is 0 Å². The van der Waals surface area contributed by atoms with Crippen LogP contribution in [-0.2, 0) is 9.59 Å². The molecule has 4 heteroatoms. The molecule has 0 bridgehead atoms. The lowest BCUT2D eigenvalue weighted by molar-refractivity contribution is -0.152. The highest BCUT2D eigenvalue weighted by Gasteiger charge is 2.40. The molecule has 0 aromatic heterocycles. The summed E-state index contributed by atoms with van der Waals surface area (Å²) in [6.45, 7) is 2.04. The van der Waals surface area contributed by atoms with Gasteiger partial charge in [0, 0.05) is 0 Å². The van der Waals surface area contributed by atoms with E-state index in [0.29, 0.717) is 12.8 Å². The second kappa shape index (κ2) is 5.87. The van der Waals surface area contributed by atoms with Crippen LogP contribution in [0.15, 0.2) is 0 Å². The minimum atomic E-state index is -0.827. The lowest BCUT2D eigenvalue weighted by Crippen LogP contribution is -2.37. The molecule has 0 radical (unpaired) electrons. The van der Waals surface area contributed by atoms with Crippen molar-refractivity contribution in [1.82, 2.24) is 0 Å². The second-order valence-corrected chi connectivity index (χ2v) is 4.63. The molecule has 0 aromatic rings. The smallest absolute Gasteiger partial charge is 0.306 e. The van der Waals surface area contributed by atoms with Gasteiger partial charge in [-0.1, -0.05) is 26.2 Å². The number of carboxylic acids is 2. The fourth-order valence-electron chi connectivity index (χ4n) is 2.72. The minimum Gasteiger partial charge on any atom is -0.481 e. The third-order valence-electron chi connectivity index (χ3n) is 3.59. The molecule has 1 rings (SSSR count).